The molecule has 2 N–H and O–H groups in total. The molecule has 2 aliphatic rings. The second-order valence-electron chi connectivity index (χ2n) is 7.33. The molecule has 2 aliphatic heterocycles. The van der Waals surface area contributed by atoms with Crippen LogP contribution in [0, 0.1) is 5.41 Å². The van der Waals surface area contributed by atoms with Gasteiger partial charge in [-0.2, -0.15) is 0 Å². The van der Waals surface area contributed by atoms with Crippen LogP contribution in [0.3, 0.4) is 0 Å². The number of benzene rings is 1. The third-order valence-electron chi connectivity index (χ3n) is 5.23. The molecule has 0 aromatic heterocycles. The normalized spacial score (nSPS) is 21.6. The first kappa shape index (κ1) is 23.4. The number of likely N-dealkylation sites (tertiary alicyclic amines) is 1. The van der Waals surface area contributed by atoms with Gasteiger partial charge in [-0.25, -0.2) is 0 Å². The highest BCUT2D eigenvalue weighted by Crippen LogP contribution is 2.38. The molecular weight excluding hydrogens is 535 g/mol. The van der Waals surface area contributed by atoms with Gasteiger partial charge >= 0.3 is 0 Å². The summed E-state index contributed by atoms with van der Waals surface area (Å²) in [5.41, 5.74) is 0.996. The van der Waals surface area contributed by atoms with Gasteiger partial charge in [-0.1, -0.05) is 22.0 Å². The maximum Gasteiger partial charge on any atom is 0.251 e. The third-order valence-corrected chi connectivity index (χ3v) is 5.72. The Labute approximate surface area is 193 Å². The maximum atomic E-state index is 12.1. The number of halogens is 2. The molecule has 2 heterocycles. The first-order chi connectivity index (χ1) is 13.1. The highest BCUT2D eigenvalue weighted by Gasteiger charge is 2.42. The zero-order chi connectivity index (χ0) is 19.1. The van der Waals surface area contributed by atoms with Gasteiger partial charge in [0.25, 0.3) is 5.91 Å². The molecule has 1 amide bonds. The van der Waals surface area contributed by atoms with E-state index in [1.807, 2.05) is 24.3 Å². The first-order valence-corrected chi connectivity index (χ1v) is 10.6. The maximum absolute atomic E-state index is 12.1. The molecule has 1 spiro atoms. The molecule has 0 bridgehead atoms. The Hall–Kier alpha value is -0.870. The van der Waals surface area contributed by atoms with Crippen LogP contribution in [0.4, 0.5) is 0 Å². The third kappa shape index (κ3) is 6.32. The number of nitrogens with one attached hydrogen (secondary N) is 2. The Balaban J connectivity index is 0.00000280. The fourth-order valence-corrected chi connectivity index (χ4v) is 4.11. The van der Waals surface area contributed by atoms with Crippen molar-refractivity contribution in [3.63, 3.8) is 0 Å². The van der Waals surface area contributed by atoms with E-state index in [4.69, 9.17) is 9.73 Å². The fraction of sp³-hybridized carbons (Fsp3) is 0.600. The summed E-state index contributed by atoms with van der Waals surface area (Å²) in [5.74, 6) is 0.939. The predicted octanol–water partition coefficient (Wildman–Crippen LogP) is 3.26. The summed E-state index contributed by atoms with van der Waals surface area (Å²) in [6.07, 6.45) is 3.15. The van der Waals surface area contributed by atoms with Gasteiger partial charge in [0.2, 0.25) is 0 Å². The lowest BCUT2D eigenvalue weighted by Crippen LogP contribution is -2.41. The molecule has 156 valence electrons. The molecule has 1 unspecified atom stereocenters. The van der Waals surface area contributed by atoms with Gasteiger partial charge in [0.15, 0.2) is 5.96 Å². The number of ether oxygens (including phenoxy) is 1. The van der Waals surface area contributed by atoms with Crippen LogP contribution < -0.4 is 10.6 Å². The van der Waals surface area contributed by atoms with Crippen molar-refractivity contribution < 1.29 is 9.53 Å². The largest absolute Gasteiger partial charge is 0.381 e. The lowest BCUT2D eigenvalue weighted by atomic mass is 9.87. The van der Waals surface area contributed by atoms with Crippen molar-refractivity contribution in [3.05, 3.63) is 34.3 Å². The van der Waals surface area contributed by atoms with Gasteiger partial charge in [0.1, 0.15) is 0 Å². The topological polar surface area (TPSA) is 66.0 Å². The number of carbonyl (C=O) groups is 1. The molecule has 1 aromatic rings. The Morgan fingerprint density at radius 3 is 2.93 bits per heavy atom. The van der Waals surface area contributed by atoms with Crippen LogP contribution in [0.1, 0.15) is 36.5 Å². The van der Waals surface area contributed by atoms with Crippen molar-refractivity contribution in [1.29, 1.82) is 0 Å². The van der Waals surface area contributed by atoms with Crippen molar-refractivity contribution in [2.75, 3.05) is 45.9 Å². The van der Waals surface area contributed by atoms with E-state index in [2.05, 4.69) is 38.4 Å². The van der Waals surface area contributed by atoms with Crippen LogP contribution in [0.15, 0.2) is 33.7 Å². The van der Waals surface area contributed by atoms with Crippen molar-refractivity contribution >= 4 is 51.8 Å². The molecule has 1 aromatic carbocycles. The van der Waals surface area contributed by atoms with Crippen LogP contribution in [0.5, 0.6) is 0 Å². The Morgan fingerprint density at radius 2 is 2.21 bits per heavy atom. The SMILES string of the molecule is CCNC(=NCCCNC(=O)c1cccc(Br)c1)N1CCC2(CCOC2)C1.I. The number of amides is 1. The van der Waals surface area contributed by atoms with Crippen molar-refractivity contribution in [2.24, 2.45) is 10.4 Å². The number of nitrogens with zero attached hydrogens (tertiary/aromatic N) is 2. The van der Waals surface area contributed by atoms with E-state index < -0.39 is 0 Å². The van der Waals surface area contributed by atoms with E-state index in [1.54, 1.807) is 0 Å². The molecule has 28 heavy (non-hydrogen) atoms. The lowest BCUT2D eigenvalue weighted by Gasteiger charge is -2.25. The molecule has 6 nitrogen and oxygen atoms in total. The van der Waals surface area contributed by atoms with Crippen molar-refractivity contribution in [3.8, 4) is 0 Å². The number of hydrogen-bond donors (Lipinski definition) is 2. The van der Waals surface area contributed by atoms with Crippen molar-refractivity contribution in [2.45, 2.75) is 26.2 Å². The molecule has 0 saturated carbocycles. The quantitative estimate of drug-likeness (QED) is 0.241. The van der Waals surface area contributed by atoms with Gasteiger partial charge in [-0.3, -0.25) is 9.79 Å². The van der Waals surface area contributed by atoms with Gasteiger partial charge in [-0.05, 0) is 44.4 Å². The summed E-state index contributed by atoms with van der Waals surface area (Å²) in [6.45, 7) is 8.10. The number of carbonyl (C=O) groups excluding carboxylic acids is 1. The zero-order valence-corrected chi connectivity index (χ0v) is 20.3. The van der Waals surface area contributed by atoms with Gasteiger partial charge in [0.05, 0.1) is 6.61 Å². The summed E-state index contributed by atoms with van der Waals surface area (Å²) in [5, 5.41) is 6.37. The average molecular weight is 565 g/mol. The minimum absolute atomic E-state index is 0. The second kappa shape index (κ2) is 11.3. The summed E-state index contributed by atoms with van der Waals surface area (Å²) in [4.78, 5) is 19.3. The second-order valence-corrected chi connectivity index (χ2v) is 8.25. The average Bonchev–Trinajstić information content (AvgIpc) is 3.30. The Morgan fingerprint density at radius 1 is 1.36 bits per heavy atom. The van der Waals surface area contributed by atoms with E-state index in [0.717, 1.165) is 56.1 Å². The lowest BCUT2D eigenvalue weighted by molar-refractivity contribution is 0.0953. The minimum atomic E-state index is -0.0464. The van der Waals surface area contributed by atoms with Crippen LogP contribution in [-0.4, -0.2) is 62.7 Å². The molecule has 1 atom stereocenters. The number of hydrogen-bond acceptors (Lipinski definition) is 3. The van der Waals surface area contributed by atoms with Gasteiger partial charge < -0.3 is 20.3 Å². The minimum Gasteiger partial charge on any atom is -0.381 e. The number of guanidine groups is 1. The highest BCUT2D eigenvalue weighted by molar-refractivity contribution is 14.0. The monoisotopic (exact) mass is 564 g/mol. The molecular formula is C20H30BrIN4O2. The molecule has 8 heteroatoms. The molecule has 0 radical (unpaired) electrons. The Bertz CT molecular complexity index is 680. The summed E-state index contributed by atoms with van der Waals surface area (Å²) in [7, 11) is 0. The van der Waals surface area contributed by atoms with E-state index in [1.165, 1.54) is 6.42 Å². The number of aliphatic imine (C=N–C) groups is 1. The molecule has 0 aliphatic carbocycles. The smallest absolute Gasteiger partial charge is 0.251 e. The summed E-state index contributed by atoms with van der Waals surface area (Å²) < 4.78 is 6.53. The molecule has 2 fully saturated rings. The van der Waals surface area contributed by atoms with Crippen LogP contribution in [0.25, 0.3) is 0 Å². The first-order valence-electron chi connectivity index (χ1n) is 9.77. The standard InChI is InChI=1S/C20H29BrN4O2.HI/c1-2-22-19(25-11-7-20(14-25)8-12-27-15-20)24-10-4-9-23-18(26)16-5-3-6-17(21)13-16;/h3,5-6,13H,2,4,7-12,14-15H2,1H3,(H,22,24)(H,23,26);1H. The van der Waals surface area contributed by atoms with Crippen LogP contribution in [-0.2, 0) is 4.74 Å². The summed E-state index contributed by atoms with van der Waals surface area (Å²) in [6, 6.07) is 7.42. The van der Waals surface area contributed by atoms with E-state index in [-0.39, 0.29) is 29.9 Å². The van der Waals surface area contributed by atoms with Gasteiger partial charge in [0, 0.05) is 54.8 Å². The predicted molar refractivity (Wildman–Crippen MR) is 127 cm³/mol. The van der Waals surface area contributed by atoms with Crippen LogP contribution >= 0.6 is 39.9 Å². The van der Waals surface area contributed by atoms with E-state index >= 15 is 0 Å². The number of rotatable bonds is 6. The van der Waals surface area contributed by atoms with E-state index in [9.17, 15) is 4.79 Å². The summed E-state index contributed by atoms with van der Waals surface area (Å²) >= 11 is 3.39. The Kier molecular flexibility index (Phi) is 9.49. The van der Waals surface area contributed by atoms with Crippen LogP contribution in [0.2, 0.25) is 0 Å². The van der Waals surface area contributed by atoms with Crippen molar-refractivity contribution in [1.82, 2.24) is 15.5 Å². The van der Waals surface area contributed by atoms with Gasteiger partial charge in [-0.15, -0.1) is 24.0 Å². The molecule has 2 saturated heterocycles. The zero-order valence-electron chi connectivity index (χ0n) is 16.4. The van der Waals surface area contributed by atoms with E-state index in [0.29, 0.717) is 24.1 Å². The fourth-order valence-electron chi connectivity index (χ4n) is 3.71. The highest BCUT2D eigenvalue weighted by atomic mass is 127. The molecule has 3 rings (SSSR count).